The quantitative estimate of drug-likeness (QED) is 0.357. The number of carboxylic acids is 2. The van der Waals surface area contributed by atoms with Gasteiger partial charge in [0.25, 0.3) is 0 Å². The van der Waals surface area contributed by atoms with Crippen molar-refractivity contribution in [3.63, 3.8) is 0 Å². The van der Waals surface area contributed by atoms with E-state index in [1.54, 1.807) is 0 Å². The lowest BCUT2D eigenvalue weighted by molar-refractivity contribution is -0.142. The molecule has 0 spiro atoms. The summed E-state index contributed by atoms with van der Waals surface area (Å²) in [6.07, 6.45) is 2.91. The van der Waals surface area contributed by atoms with Gasteiger partial charge in [0.15, 0.2) is 0 Å². The maximum atomic E-state index is 9.93. The zero-order valence-corrected chi connectivity index (χ0v) is 11.8. The Labute approximate surface area is 119 Å². The van der Waals surface area contributed by atoms with Gasteiger partial charge in [0.2, 0.25) is 0 Å². The van der Waals surface area contributed by atoms with Crippen molar-refractivity contribution in [1.29, 1.82) is 0 Å². The van der Waals surface area contributed by atoms with Crippen LogP contribution in [0.3, 0.4) is 0 Å². The highest BCUT2D eigenvalue weighted by atomic mass is 16.5. The van der Waals surface area contributed by atoms with Gasteiger partial charge in [-0.25, -0.2) is 4.79 Å². The van der Waals surface area contributed by atoms with Crippen LogP contribution in [-0.2, 0) is 19.1 Å². The summed E-state index contributed by atoms with van der Waals surface area (Å²) >= 11 is 0. The average Bonchev–Trinajstić information content (AvgIpc) is 2.39. The molecule has 120 valence electrons. The average molecular weight is 294 g/mol. The first kappa shape index (κ1) is 21.1. The highest BCUT2D eigenvalue weighted by molar-refractivity contribution is 5.68. The molecule has 20 heavy (non-hydrogen) atoms. The van der Waals surface area contributed by atoms with Gasteiger partial charge >= 0.3 is 11.9 Å². The molecule has 0 bridgehead atoms. The number of hydrogen-bond acceptors (Lipinski definition) is 6. The monoisotopic (exact) mass is 294 g/mol. The summed E-state index contributed by atoms with van der Waals surface area (Å²) in [7, 11) is 0. The van der Waals surface area contributed by atoms with Crippen molar-refractivity contribution < 1.29 is 29.3 Å². The Morgan fingerprint density at radius 3 is 1.95 bits per heavy atom. The fourth-order valence-corrected chi connectivity index (χ4v) is 1.06. The lowest BCUT2D eigenvalue weighted by Crippen LogP contribution is -2.14. The second-order valence-corrected chi connectivity index (χ2v) is 3.84. The van der Waals surface area contributed by atoms with Gasteiger partial charge in [0.1, 0.15) is 6.61 Å². The van der Waals surface area contributed by atoms with Crippen LogP contribution in [0.25, 0.3) is 0 Å². The first-order valence-corrected chi connectivity index (χ1v) is 6.53. The summed E-state index contributed by atoms with van der Waals surface area (Å²) in [5.74, 6) is -1.68. The van der Waals surface area contributed by atoms with E-state index in [2.05, 4.69) is 4.74 Å². The van der Waals surface area contributed by atoms with Gasteiger partial charge in [0, 0.05) is 13.0 Å². The molecule has 6 N–H and O–H groups in total. The number of aliphatic carboxylic acids is 2. The predicted octanol–water partition coefficient (Wildman–Crippen LogP) is -0.347. The van der Waals surface area contributed by atoms with Crippen LogP contribution in [0.5, 0.6) is 0 Å². The number of rotatable bonds is 12. The molecule has 0 aromatic rings. The Morgan fingerprint density at radius 2 is 1.45 bits per heavy atom. The lowest BCUT2D eigenvalue weighted by Gasteiger charge is -2.01. The van der Waals surface area contributed by atoms with Crippen molar-refractivity contribution in [3.8, 4) is 0 Å². The highest BCUT2D eigenvalue weighted by Gasteiger charge is 1.95. The van der Waals surface area contributed by atoms with Gasteiger partial charge < -0.3 is 31.2 Å². The zero-order valence-electron chi connectivity index (χ0n) is 11.8. The Kier molecular flexibility index (Phi) is 18.7. The second-order valence-electron chi connectivity index (χ2n) is 3.84. The molecule has 0 aliphatic carbocycles. The number of unbranched alkanes of at least 4 members (excludes halogenated alkanes) is 2. The van der Waals surface area contributed by atoms with E-state index in [9.17, 15) is 9.59 Å². The maximum Gasteiger partial charge on any atom is 0.329 e. The Balaban J connectivity index is 0. The number of hydrogen-bond donors (Lipinski definition) is 4. The summed E-state index contributed by atoms with van der Waals surface area (Å²) < 4.78 is 9.60. The molecule has 0 fully saturated rings. The van der Waals surface area contributed by atoms with Crippen LogP contribution in [-0.4, -0.2) is 61.7 Å². The molecule has 8 nitrogen and oxygen atoms in total. The minimum Gasteiger partial charge on any atom is -0.481 e. The van der Waals surface area contributed by atoms with Crippen molar-refractivity contribution >= 4 is 11.9 Å². The number of carbonyl (C=O) groups is 2. The molecular formula is C12H26N2O6. The summed E-state index contributed by atoms with van der Waals surface area (Å²) in [5.41, 5.74) is 10.3. The van der Waals surface area contributed by atoms with Crippen LogP contribution in [0.15, 0.2) is 0 Å². The summed E-state index contributed by atoms with van der Waals surface area (Å²) in [5, 5.41) is 16.3. The minimum absolute atomic E-state index is 0.272. The molecule has 0 unspecified atom stereocenters. The third kappa shape index (κ3) is 25.6. The Bertz CT molecular complexity index is 238. The molecule has 0 amide bonds. The third-order valence-corrected chi connectivity index (χ3v) is 1.95. The largest absolute Gasteiger partial charge is 0.481 e. The lowest BCUT2D eigenvalue weighted by atomic mass is 10.2. The minimum atomic E-state index is -0.969. The molecular weight excluding hydrogens is 268 g/mol. The second kappa shape index (κ2) is 17.8. The van der Waals surface area contributed by atoms with E-state index >= 15 is 0 Å². The fraction of sp³-hybridized carbons (Fsp3) is 0.833. The number of ether oxygens (including phenoxy) is 2. The van der Waals surface area contributed by atoms with E-state index in [-0.39, 0.29) is 13.0 Å². The van der Waals surface area contributed by atoms with E-state index in [1.807, 2.05) is 0 Å². The normalized spacial score (nSPS) is 9.70. The third-order valence-electron chi connectivity index (χ3n) is 1.95. The molecule has 0 aliphatic rings. The molecule has 0 radical (unpaired) electrons. The predicted molar refractivity (Wildman–Crippen MR) is 73.5 cm³/mol. The first-order valence-electron chi connectivity index (χ1n) is 6.53. The van der Waals surface area contributed by atoms with Crippen LogP contribution in [0.1, 0.15) is 25.7 Å². The molecule has 0 aromatic carbocycles. The van der Waals surface area contributed by atoms with E-state index < -0.39 is 11.9 Å². The first-order chi connectivity index (χ1) is 9.54. The van der Waals surface area contributed by atoms with Crippen molar-refractivity contribution in [2.24, 2.45) is 11.5 Å². The fourth-order valence-electron chi connectivity index (χ4n) is 1.06. The van der Waals surface area contributed by atoms with Gasteiger partial charge in [-0.2, -0.15) is 0 Å². The number of carboxylic acid groups (broad SMARTS) is 2. The van der Waals surface area contributed by atoms with Gasteiger partial charge in [-0.15, -0.1) is 0 Å². The van der Waals surface area contributed by atoms with Crippen molar-refractivity contribution in [2.75, 3.05) is 39.5 Å². The van der Waals surface area contributed by atoms with E-state index in [0.29, 0.717) is 32.9 Å². The molecule has 0 aliphatic heterocycles. The molecule has 0 saturated carbocycles. The molecule has 0 rings (SSSR count). The van der Waals surface area contributed by atoms with Gasteiger partial charge in [0.05, 0.1) is 19.8 Å². The standard InChI is InChI=1S/C6H13NO4.C6H13NO2/c7-1-2-10-3-4-11-5-6(8)9;7-5-3-1-2-4-6(8)9/h1-5,7H2,(H,8,9);1-5,7H2,(H,8,9). The van der Waals surface area contributed by atoms with Crippen molar-refractivity contribution in [3.05, 3.63) is 0 Å². The molecule has 0 saturated heterocycles. The van der Waals surface area contributed by atoms with Gasteiger partial charge in [-0.3, -0.25) is 4.79 Å². The van der Waals surface area contributed by atoms with Gasteiger partial charge in [-0.05, 0) is 19.4 Å². The zero-order chi connectivity index (χ0) is 15.6. The molecule has 0 heterocycles. The van der Waals surface area contributed by atoms with Crippen LogP contribution in [0.2, 0.25) is 0 Å². The summed E-state index contributed by atoms with van der Waals surface area (Å²) in [4.78, 5) is 19.8. The Morgan fingerprint density at radius 1 is 0.800 bits per heavy atom. The van der Waals surface area contributed by atoms with Crippen LogP contribution < -0.4 is 11.5 Å². The summed E-state index contributed by atoms with van der Waals surface area (Å²) in [6.45, 7) is 2.04. The molecule has 0 aromatic heterocycles. The van der Waals surface area contributed by atoms with Crippen molar-refractivity contribution in [2.45, 2.75) is 25.7 Å². The van der Waals surface area contributed by atoms with Crippen LogP contribution in [0, 0.1) is 0 Å². The van der Waals surface area contributed by atoms with Crippen LogP contribution in [0.4, 0.5) is 0 Å². The SMILES string of the molecule is NCCCCCC(=O)O.NCCOCCOCC(=O)O. The smallest absolute Gasteiger partial charge is 0.329 e. The molecule has 0 atom stereocenters. The maximum absolute atomic E-state index is 9.93. The summed E-state index contributed by atoms with van der Waals surface area (Å²) in [6, 6.07) is 0. The number of nitrogens with two attached hydrogens (primary N) is 2. The topological polar surface area (TPSA) is 145 Å². The molecule has 8 heteroatoms. The van der Waals surface area contributed by atoms with E-state index in [4.69, 9.17) is 26.4 Å². The van der Waals surface area contributed by atoms with E-state index in [0.717, 1.165) is 19.3 Å². The van der Waals surface area contributed by atoms with Gasteiger partial charge in [-0.1, -0.05) is 6.42 Å². The highest BCUT2D eigenvalue weighted by Crippen LogP contribution is 1.97. The van der Waals surface area contributed by atoms with E-state index in [1.165, 1.54) is 0 Å². The van der Waals surface area contributed by atoms with Crippen LogP contribution >= 0.6 is 0 Å². The van der Waals surface area contributed by atoms with Crippen molar-refractivity contribution in [1.82, 2.24) is 0 Å². The Hall–Kier alpha value is -1.22.